The van der Waals surface area contributed by atoms with E-state index in [1.54, 1.807) is 0 Å². The minimum absolute atomic E-state index is 0. The Hall–Kier alpha value is -1.05. The molecule has 4 atom stereocenters. The third kappa shape index (κ3) is 6.01. The van der Waals surface area contributed by atoms with Crippen molar-refractivity contribution in [1.29, 1.82) is 0 Å². The first-order valence-electron chi connectivity index (χ1n) is 8.62. The van der Waals surface area contributed by atoms with E-state index in [4.69, 9.17) is 18.9 Å². The van der Waals surface area contributed by atoms with Crippen molar-refractivity contribution in [3.63, 3.8) is 0 Å². The molecule has 0 radical (unpaired) electrons. The largest absolute Gasteiger partial charge is 0.486 e. The maximum Gasteiger partial charge on any atom is 0.161 e. The number of β-amino-alcohol motifs (C(OH)–C–C–N with tert-alkyl or cyclic N) is 1. The molecule has 0 saturated carbocycles. The fourth-order valence-corrected chi connectivity index (χ4v) is 3.26. The molecule has 1 aromatic carbocycles. The molecule has 1 fully saturated rings. The molecule has 0 amide bonds. The fourth-order valence-electron chi connectivity index (χ4n) is 3.26. The third-order valence-corrected chi connectivity index (χ3v) is 4.15. The lowest BCUT2D eigenvalue weighted by molar-refractivity contribution is -0.0848. The van der Waals surface area contributed by atoms with E-state index in [1.165, 1.54) is 0 Å². The molecule has 0 bridgehead atoms. The number of benzene rings is 1. The van der Waals surface area contributed by atoms with Crippen molar-refractivity contribution in [3.8, 4) is 11.5 Å². The summed E-state index contributed by atoms with van der Waals surface area (Å²) < 4.78 is 22.8. The lowest BCUT2D eigenvalue weighted by Crippen LogP contribution is -2.48. The van der Waals surface area contributed by atoms with Gasteiger partial charge in [-0.2, -0.15) is 0 Å². The molecule has 6 nitrogen and oxygen atoms in total. The Balaban J connectivity index is 0.00000225. The lowest BCUT2D eigenvalue weighted by atomic mass is 10.2. The van der Waals surface area contributed by atoms with Crippen LogP contribution < -0.4 is 9.47 Å². The van der Waals surface area contributed by atoms with Gasteiger partial charge in [-0.15, -0.1) is 12.4 Å². The van der Waals surface area contributed by atoms with Crippen LogP contribution in [-0.4, -0.2) is 73.9 Å². The van der Waals surface area contributed by atoms with Crippen molar-refractivity contribution < 1.29 is 24.1 Å². The van der Waals surface area contributed by atoms with E-state index >= 15 is 0 Å². The molecule has 0 spiro atoms. The topological polar surface area (TPSA) is 60.4 Å². The summed E-state index contributed by atoms with van der Waals surface area (Å²) in [4.78, 5) is 2.23. The molecule has 1 N–H and O–H groups in total. The number of nitrogens with zero attached hydrogens (tertiary/aromatic N) is 1. The molecule has 142 valence electrons. The van der Waals surface area contributed by atoms with Crippen LogP contribution in [0.3, 0.4) is 0 Å². The third-order valence-electron chi connectivity index (χ3n) is 4.15. The molecule has 25 heavy (non-hydrogen) atoms. The first kappa shape index (κ1) is 20.3. The normalized spacial score (nSPS) is 27.4. The molecule has 1 saturated heterocycles. The van der Waals surface area contributed by atoms with Gasteiger partial charge in [-0.1, -0.05) is 12.1 Å². The van der Waals surface area contributed by atoms with Crippen molar-refractivity contribution >= 4 is 12.4 Å². The number of hydrogen-bond donors (Lipinski definition) is 1. The summed E-state index contributed by atoms with van der Waals surface area (Å²) >= 11 is 0. The Morgan fingerprint density at radius 1 is 1.20 bits per heavy atom. The predicted molar refractivity (Wildman–Crippen MR) is 96.9 cm³/mol. The highest BCUT2D eigenvalue weighted by Gasteiger charge is 2.25. The van der Waals surface area contributed by atoms with Crippen LogP contribution in [0.5, 0.6) is 11.5 Å². The van der Waals surface area contributed by atoms with Crippen molar-refractivity contribution in [1.82, 2.24) is 4.90 Å². The predicted octanol–water partition coefficient (Wildman–Crippen LogP) is 1.73. The second-order valence-corrected chi connectivity index (χ2v) is 6.66. The molecule has 1 aromatic rings. The summed E-state index contributed by atoms with van der Waals surface area (Å²) in [6, 6.07) is 7.61. The monoisotopic (exact) mass is 373 g/mol. The number of rotatable bonds is 6. The van der Waals surface area contributed by atoms with Crippen LogP contribution in [0.4, 0.5) is 0 Å². The van der Waals surface area contributed by atoms with E-state index < -0.39 is 6.10 Å². The molecular weight excluding hydrogens is 346 g/mol. The lowest BCUT2D eigenvalue weighted by Gasteiger charge is -2.36. The highest BCUT2D eigenvalue weighted by molar-refractivity contribution is 5.85. The van der Waals surface area contributed by atoms with Crippen molar-refractivity contribution in [2.24, 2.45) is 0 Å². The van der Waals surface area contributed by atoms with Gasteiger partial charge in [0.05, 0.1) is 31.5 Å². The first-order chi connectivity index (χ1) is 11.6. The van der Waals surface area contributed by atoms with Crippen LogP contribution in [0.25, 0.3) is 0 Å². The zero-order valence-electron chi connectivity index (χ0n) is 14.8. The van der Waals surface area contributed by atoms with Gasteiger partial charge < -0.3 is 24.1 Å². The van der Waals surface area contributed by atoms with E-state index in [0.29, 0.717) is 26.4 Å². The van der Waals surface area contributed by atoms with Crippen LogP contribution in [0.1, 0.15) is 13.8 Å². The number of hydrogen-bond acceptors (Lipinski definition) is 6. The van der Waals surface area contributed by atoms with Crippen molar-refractivity contribution in [2.45, 2.75) is 38.3 Å². The van der Waals surface area contributed by atoms with Crippen LogP contribution >= 0.6 is 12.4 Å². The van der Waals surface area contributed by atoms with Gasteiger partial charge in [0, 0.05) is 19.6 Å². The van der Waals surface area contributed by atoms with Gasteiger partial charge in [0.15, 0.2) is 17.6 Å². The van der Waals surface area contributed by atoms with E-state index in [0.717, 1.165) is 24.6 Å². The van der Waals surface area contributed by atoms with Gasteiger partial charge in [-0.3, -0.25) is 4.90 Å². The first-order valence-corrected chi connectivity index (χ1v) is 8.62. The number of aliphatic hydroxyl groups is 1. The number of halogens is 1. The van der Waals surface area contributed by atoms with Crippen LogP contribution in [0, 0.1) is 0 Å². The average molecular weight is 374 g/mol. The minimum Gasteiger partial charge on any atom is -0.486 e. The standard InChI is InChI=1S/C18H27NO5.ClH/c1-13-7-19(8-14(2)23-13)9-15(20)10-21-11-16-12-22-17-5-3-4-6-18(17)24-16;/h3-6,13-16,20H,7-12H2,1-2H3;1H. The second kappa shape index (κ2) is 9.59. The van der Waals surface area contributed by atoms with Crippen molar-refractivity contribution in [2.75, 3.05) is 39.5 Å². The molecule has 2 aliphatic rings. The summed E-state index contributed by atoms with van der Waals surface area (Å²) in [5, 5.41) is 10.2. The maximum atomic E-state index is 10.2. The molecule has 7 heteroatoms. The Kier molecular flexibility index (Phi) is 7.78. The molecule has 4 unspecified atom stereocenters. The SMILES string of the molecule is CC1CN(CC(O)COCC2COc3ccccc3O2)CC(C)O1.Cl. The minimum atomic E-state index is -0.515. The average Bonchev–Trinajstić information content (AvgIpc) is 2.53. The number of morpholine rings is 1. The molecule has 2 heterocycles. The number of aliphatic hydroxyl groups excluding tert-OH is 1. The van der Waals surface area contributed by atoms with Crippen molar-refractivity contribution in [3.05, 3.63) is 24.3 Å². The summed E-state index contributed by atoms with van der Waals surface area (Å²) in [7, 11) is 0. The Morgan fingerprint density at radius 2 is 1.88 bits per heavy atom. The Morgan fingerprint density at radius 3 is 2.60 bits per heavy atom. The van der Waals surface area contributed by atoms with Gasteiger partial charge >= 0.3 is 0 Å². The highest BCUT2D eigenvalue weighted by atomic mass is 35.5. The van der Waals surface area contributed by atoms with E-state index in [1.807, 2.05) is 24.3 Å². The quantitative estimate of drug-likeness (QED) is 0.819. The van der Waals surface area contributed by atoms with Gasteiger partial charge in [-0.25, -0.2) is 0 Å². The van der Waals surface area contributed by atoms with Gasteiger partial charge in [0.25, 0.3) is 0 Å². The molecule has 0 aromatic heterocycles. The van der Waals surface area contributed by atoms with E-state index in [-0.39, 0.29) is 30.7 Å². The van der Waals surface area contributed by atoms with E-state index in [2.05, 4.69) is 18.7 Å². The maximum absolute atomic E-state index is 10.2. The number of para-hydroxylation sites is 2. The second-order valence-electron chi connectivity index (χ2n) is 6.66. The summed E-state index contributed by atoms with van der Waals surface area (Å²) in [5.41, 5.74) is 0. The fraction of sp³-hybridized carbons (Fsp3) is 0.667. The zero-order chi connectivity index (χ0) is 16.9. The van der Waals surface area contributed by atoms with Crippen LogP contribution in [0.2, 0.25) is 0 Å². The summed E-state index contributed by atoms with van der Waals surface area (Å²) in [6.07, 6.45) is -0.251. The summed E-state index contributed by atoms with van der Waals surface area (Å²) in [6.45, 7) is 7.57. The Bertz CT molecular complexity index is 522. The number of fused-ring (bicyclic) bond motifs is 1. The van der Waals surface area contributed by atoms with Crippen LogP contribution in [-0.2, 0) is 9.47 Å². The molecule has 3 rings (SSSR count). The van der Waals surface area contributed by atoms with Crippen LogP contribution in [0.15, 0.2) is 24.3 Å². The number of ether oxygens (including phenoxy) is 4. The van der Waals surface area contributed by atoms with Gasteiger partial charge in [0.1, 0.15) is 6.61 Å². The molecular formula is C18H28ClNO5. The Labute approximate surface area is 155 Å². The smallest absolute Gasteiger partial charge is 0.161 e. The zero-order valence-corrected chi connectivity index (χ0v) is 15.6. The summed E-state index contributed by atoms with van der Waals surface area (Å²) in [5.74, 6) is 1.51. The van der Waals surface area contributed by atoms with Gasteiger partial charge in [-0.05, 0) is 26.0 Å². The highest BCUT2D eigenvalue weighted by Crippen LogP contribution is 2.30. The molecule has 2 aliphatic heterocycles. The van der Waals surface area contributed by atoms with E-state index in [9.17, 15) is 5.11 Å². The van der Waals surface area contributed by atoms with Gasteiger partial charge in [0.2, 0.25) is 0 Å². The molecule has 0 aliphatic carbocycles.